The molecular formula is C27H48O2Y-2. The molecular weight excluding hydrogens is 445 g/mol. The fraction of sp³-hybridized carbons (Fsp3) is 0.407. The van der Waals surface area contributed by atoms with E-state index in [2.05, 4.69) is 6.92 Å². The van der Waals surface area contributed by atoms with Gasteiger partial charge in [0.15, 0.2) is 0 Å². The second-order valence-corrected chi connectivity index (χ2v) is 3.39. The Morgan fingerprint density at radius 3 is 0.833 bits per heavy atom. The van der Waals surface area contributed by atoms with Gasteiger partial charge in [-0.3, -0.25) is 9.59 Å². The van der Waals surface area contributed by atoms with Crippen molar-refractivity contribution in [3.63, 3.8) is 0 Å². The Balaban J connectivity index is -0.0000000657. The minimum atomic E-state index is -0.466. The Morgan fingerprint density at radius 2 is 0.667 bits per heavy atom. The van der Waals surface area contributed by atoms with Crippen molar-refractivity contribution in [1.29, 1.82) is 0 Å². The second-order valence-electron chi connectivity index (χ2n) is 3.39. The van der Waals surface area contributed by atoms with Crippen molar-refractivity contribution in [1.82, 2.24) is 0 Å². The van der Waals surface area contributed by atoms with Gasteiger partial charge in [0.2, 0.25) is 11.6 Å². The zero-order valence-electron chi connectivity index (χ0n) is 21.9. The number of carbonyl (C=O) groups excluding carboxylic acids is 2. The van der Waals surface area contributed by atoms with Crippen molar-refractivity contribution in [2.75, 3.05) is 0 Å². The molecule has 3 heteroatoms. The summed E-state index contributed by atoms with van der Waals surface area (Å²) in [6.07, 6.45) is 0. The number of hydrogen-bond acceptors (Lipinski definition) is 2. The summed E-state index contributed by atoms with van der Waals surface area (Å²) < 4.78 is 0. The monoisotopic (exact) mass is 493 g/mol. The number of Topliss-reactive ketones (excluding diaryl/α,β-unsaturated/α-hetero) is 2. The average molecular weight is 494 g/mol. The molecule has 0 atom stereocenters. The molecule has 0 N–H and O–H groups in total. The first kappa shape index (κ1) is 46.9. The van der Waals surface area contributed by atoms with Crippen LogP contribution in [0.2, 0.25) is 0 Å². The van der Waals surface area contributed by atoms with E-state index in [9.17, 15) is 9.59 Å². The molecule has 2 aromatic rings. The third-order valence-corrected chi connectivity index (χ3v) is 2.28. The van der Waals surface area contributed by atoms with Gasteiger partial charge < -0.3 is 14.4 Å². The quantitative estimate of drug-likeness (QED) is 0.243. The van der Waals surface area contributed by atoms with Crippen LogP contribution in [0, 0.1) is 14.4 Å². The third kappa shape index (κ3) is 24.9. The summed E-state index contributed by atoms with van der Waals surface area (Å²) in [5.74, 6) is -0.932. The van der Waals surface area contributed by atoms with E-state index in [0.717, 1.165) is 0 Å². The van der Waals surface area contributed by atoms with Crippen LogP contribution in [0.25, 0.3) is 0 Å². The van der Waals surface area contributed by atoms with Crippen molar-refractivity contribution < 1.29 is 42.3 Å². The maximum Gasteiger partial charge on any atom is 0.233 e. The SMILES string of the molecule is CC.CC.CC.CC.CC.O=C(C(=O)c1ccccc1)c1ccccc1.[CH2-]C.[CH3-].[Y]. The number of rotatable bonds is 3. The van der Waals surface area contributed by atoms with E-state index in [0.29, 0.717) is 11.1 Å². The maximum absolute atomic E-state index is 11.8. The zero-order chi connectivity index (χ0) is 23.4. The Bertz CT molecular complexity index is 459. The van der Waals surface area contributed by atoms with E-state index in [-0.39, 0.29) is 40.1 Å². The molecule has 0 saturated heterocycles. The number of hydrogen-bond donors (Lipinski definition) is 0. The van der Waals surface area contributed by atoms with Gasteiger partial charge in [0.1, 0.15) is 0 Å². The van der Waals surface area contributed by atoms with Crippen molar-refractivity contribution in [3.8, 4) is 0 Å². The second kappa shape index (κ2) is 46.2. The first-order valence-electron chi connectivity index (χ1n) is 10.7. The molecule has 30 heavy (non-hydrogen) atoms. The van der Waals surface area contributed by atoms with Crippen molar-refractivity contribution in [3.05, 3.63) is 86.1 Å². The molecule has 0 fully saturated rings. The Morgan fingerprint density at radius 1 is 0.500 bits per heavy atom. The summed E-state index contributed by atoms with van der Waals surface area (Å²) in [6.45, 7) is 25.0. The summed E-state index contributed by atoms with van der Waals surface area (Å²) >= 11 is 0. The molecule has 0 spiro atoms. The third-order valence-electron chi connectivity index (χ3n) is 2.28. The van der Waals surface area contributed by atoms with Gasteiger partial charge in [0, 0.05) is 43.8 Å². The van der Waals surface area contributed by atoms with Gasteiger partial charge in [-0.1, -0.05) is 130 Å². The van der Waals surface area contributed by atoms with Crippen molar-refractivity contribution in [2.45, 2.75) is 76.2 Å². The smallest absolute Gasteiger partial charge is 0.233 e. The molecule has 0 bridgehead atoms. The van der Waals surface area contributed by atoms with Crippen LogP contribution in [0.1, 0.15) is 96.9 Å². The van der Waals surface area contributed by atoms with Gasteiger partial charge in [-0.15, -0.1) is 0 Å². The molecule has 2 nitrogen and oxygen atoms in total. The molecule has 1 radical (unpaired) electrons. The minimum absolute atomic E-state index is 0. The normalized spacial score (nSPS) is 6.40. The van der Waals surface area contributed by atoms with Gasteiger partial charge in [-0.05, 0) is 0 Å². The molecule has 2 rings (SSSR count). The molecule has 0 aliphatic carbocycles. The first-order chi connectivity index (χ1) is 13.8. The molecule has 0 unspecified atom stereocenters. The van der Waals surface area contributed by atoms with Crippen molar-refractivity contribution >= 4 is 11.6 Å². The predicted molar refractivity (Wildman–Crippen MR) is 136 cm³/mol. The molecule has 0 aromatic heterocycles. The van der Waals surface area contributed by atoms with Crippen LogP contribution in [-0.2, 0) is 32.7 Å². The number of benzene rings is 2. The zero-order valence-corrected chi connectivity index (χ0v) is 24.7. The molecule has 0 heterocycles. The van der Waals surface area contributed by atoms with Crippen LogP contribution < -0.4 is 0 Å². The van der Waals surface area contributed by atoms with Gasteiger partial charge in [0.05, 0.1) is 0 Å². The van der Waals surface area contributed by atoms with E-state index in [1.165, 1.54) is 0 Å². The average Bonchev–Trinajstić information content (AvgIpc) is 2.87. The largest absolute Gasteiger partial charge is 0.358 e. The Labute approximate surface area is 215 Å². The Hall–Kier alpha value is -1.12. The maximum atomic E-state index is 11.8. The topological polar surface area (TPSA) is 34.1 Å². The van der Waals surface area contributed by atoms with Gasteiger partial charge >= 0.3 is 0 Å². The molecule has 0 aliphatic heterocycles. The summed E-state index contributed by atoms with van der Waals surface area (Å²) in [4.78, 5) is 23.6. The summed E-state index contributed by atoms with van der Waals surface area (Å²) in [6, 6.07) is 17.2. The van der Waals surface area contributed by atoms with E-state index in [1.807, 2.05) is 81.4 Å². The van der Waals surface area contributed by atoms with E-state index in [4.69, 9.17) is 0 Å². The number of carbonyl (C=O) groups is 2. The Kier molecular flexibility index (Phi) is 72.2. The van der Waals surface area contributed by atoms with E-state index in [1.54, 1.807) is 55.5 Å². The molecule has 0 amide bonds. The van der Waals surface area contributed by atoms with E-state index >= 15 is 0 Å². The predicted octanol–water partition coefficient (Wildman–Crippen LogP) is 9.17. The van der Waals surface area contributed by atoms with Gasteiger partial charge in [-0.25, -0.2) is 0 Å². The molecule has 0 aliphatic rings. The van der Waals surface area contributed by atoms with Crippen molar-refractivity contribution in [2.24, 2.45) is 0 Å². The standard InChI is InChI=1S/C14H10O2.5C2H6.C2H5.CH3.Y/c15-13(11-7-3-1-4-8-11)14(16)12-9-5-2-6-10-12;6*1-2;;/h1-10H;5*1-2H3;1H2,2H3;1H3;/q;;;;;;2*-1;. The summed E-state index contributed by atoms with van der Waals surface area (Å²) in [5, 5.41) is 0. The fourth-order valence-corrected chi connectivity index (χ4v) is 1.44. The van der Waals surface area contributed by atoms with Gasteiger partial charge in [-0.2, -0.15) is 6.92 Å². The van der Waals surface area contributed by atoms with Crippen LogP contribution in [0.15, 0.2) is 60.7 Å². The molecule has 2 aromatic carbocycles. The fourth-order valence-electron chi connectivity index (χ4n) is 1.44. The molecule has 173 valence electrons. The van der Waals surface area contributed by atoms with Crippen LogP contribution >= 0.6 is 0 Å². The van der Waals surface area contributed by atoms with Crippen LogP contribution in [0.3, 0.4) is 0 Å². The first-order valence-corrected chi connectivity index (χ1v) is 10.7. The summed E-state index contributed by atoms with van der Waals surface area (Å²) in [7, 11) is 0. The van der Waals surface area contributed by atoms with Crippen LogP contribution in [0.5, 0.6) is 0 Å². The van der Waals surface area contributed by atoms with Crippen LogP contribution in [0.4, 0.5) is 0 Å². The minimum Gasteiger partial charge on any atom is -0.358 e. The summed E-state index contributed by atoms with van der Waals surface area (Å²) in [5.41, 5.74) is 0.854. The van der Waals surface area contributed by atoms with Gasteiger partial charge in [0.25, 0.3) is 0 Å². The van der Waals surface area contributed by atoms with Crippen LogP contribution in [-0.4, -0.2) is 11.6 Å². The number of ketones is 2. The molecule has 0 saturated carbocycles. The van der Waals surface area contributed by atoms with E-state index < -0.39 is 11.6 Å².